The second-order valence-corrected chi connectivity index (χ2v) is 10.5. The van der Waals surface area contributed by atoms with E-state index < -0.39 is 10.0 Å². The minimum atomic E-state index is -3.70. The fraction of sp³-hybridized carbons (Fsp3) is 0.269. The van der Waals surface area contributed by atoms with Gasteiger partial charge in [-0.1, -0.05) is 36.4 Å². The van der Waals surface area contributed by atoms with Gasteiger partial charge in [0.25, 0.3) is 0 Å². The molecule has 1 aliphatic heterocycles. The van der Waals surface area contributed by atoms with Crippen LogP contribution in [0.5, 0.6) is 0 Å². The fourth-order valence-electron chi connectivity index (χ4n) is 4.79. The topological polar surface area (TPSA) is 76.3 Å². The molecule has 7 nitrogen and oxygen atoms in total. The van der Waals surface area contributed by atoms with Crippen LogP contribution < -0.4 is 15.3 Å². The van der Waals surface area contributed by atoms with Crippen molar-refractivity contribution in [3.8, 4) is 0 Å². The number of rotatable bonds is 6. The van der Waals surface area contributed by atoms with Gasteiger partial charge in [-0.2, -0.15) is 0 Å². The third-order valence-corrected chi connectivity index (χ3v) is 8.09. The first-order valence-corrected chi connectivity index (χ1v) is 12.9. The molecule has 34 heavy (non-hydrogen) atoms. The highest BCUT2D eigenvalue weighted by Gasteiger charge is 2.21. The van der Waals surface area contributed by atoms with Crippen LogP contribution in [0.2, 0.25) is 0 Å². The van der Waals surface area contributed by atoms with Crippen molar-refractivity contribution in [2.45, 2.75) is 24.2 Å². The molecular weight excluding hydrogens is 448 g/mol. The highest BCUT2D eigenvalue weighted by atomic mass is 32.2. The Labute approximate surface area is 199 Å². The van der Waals surface area contributed by atoms with Crippen molar-refractivity contribution in [2.24, 2.45) is 14.1 Å². The first-order valence-electron chi connectivity index (χ1n) is 11.5. The van der Waals surface area contributed by atoms with E-state index in [1.54, 1.807) is 32.3 Å². The van der Waals surface area contributed by atoms with Gasteiger partial charge in [-0.15, -0.1) is 0 Å². The van der Waals surface area contributed by atoms with Gasteiger partial charge in [0.05, 0.1) is 15.9 Å². The van der Waals surface area contributed by atoms with Crippen LogP contribution >= 0.6 is 0 Å². The zero-order valence-electron chi connectivity index (χ0n) is 19.4. The smallest absolute Gasteiger partial charge is 0.328 e. The van der Waals surface area contributed by atoms with Gasteiger partial charge in [0.15, 0.2) is 0 Å². The lowest BCUT2D eigenvalue weighted by molar-refractivity contribution is 0.579. The van der Waals surface area contributed by atoms with Gasteiger partial charge in [0.1, 0.15) is 0 Å². The Morgan fingerprint density at radius 2 is 1.41 bits per heavy atom. The first kappa shape index (κ1) is 22.4. The molecule has 3 aromatic carbocycles. The summed E-state index contributed by atoms with van der Waals surface area (Å²) in [5, 5.41) is 0. The lowest BCUT2D eigenvalue weighted by atomic mass is 10.0. The summed E-state index contributed by atoms with van der Waals surface area (Å²) in [4.78, 5) is 14.6. The number of aromatic nitrogens is 2. The molecule has 0 saturated carbocycles. The number of aryl methyl sites for hydroxylation is 4. The predicted molar refractivity (Wildman–Crippen MR) is 135 cm³/mol. The fourth-order valence-corrected chi connectivity index (χ4v) is 5.89. The summed E-state index contributed by atoms with van der Waals surface area (Å²) in [6.45, 7) is 1.01. The number of fused-ring (bicyclic) bond motifs is 3. The molecule has 176 valence electrons. The van der Waals surface area contributed by atoms with Gasteiger partial charge in [-0.25, -0.2) is 17.9 Å². The predicted octanol–water partition coefficient (Wildman–Crippen LogP) is 3.48. The van der Waals surface area contributed by atoms with E-state index in [0.717, 1.165) is 12.8 Å². The van der Waals surface area contributed by atoms with Crippen molar-refractivity contribution in [2.75, 3.05) is 18.0 Å². The van der Waals surface area contributed by atoms with E-state index >= 15 is 0 Å². The molecule has 0 bridgehead atoms. The molecule has 0 aliphatic carbocycles. The number of sulfonamides is 1. The maximum absolute atomic E-state index is 13.0. The van der Waals surface area contributed by atoms with Gasteiger partial charge in [-0.3, -0.25) is 9.13 Å². The van der Waals surface area contributed by atoms with E-state index in [9.17, 15) is 13.2 Å². The Hall–Kier alpha value is -3.36. The van der Waals surface area contributed by atoms with Crippen LogP contribution in [0, 0.1) is 0 Å². The summed E-state index contributed by atoms with van der Waals surface area (Å²) in [6, 6.07) is 21.6. The molecule has 0 amide bonds. The van der Waals surface area contributed by atoms with Crippen molar-refractivity contribution in [3.05, 3.63) is 88.3 Å². The minimum Gasteiger partial charge on any atom is -0.341 e. The quantitative estimate of drug-likeness (QED) is 0.432. The average Bonchev–Trinajstić information content (AvgIpc) is 2.98. The van der Waals surface area contributed by atoms with Crippen LogP contribution in [0.25, 0.3) is 11.0 Å². The Bertz CT molecular complexity index is 1490. The van der Waals surface area contributed by atoms with E-state index in [0.29, 0.717) is 30.5 Å². The Balaban J connectivity index is 1.33. The van der Waals surface area contributed by atoms with Crippen molar-refractivity contribution < 1.29 is 8.42 Å². The molecule has 8 heteroatoms. The molecule has 5 rings (SSSR count). The van der Waals surface area contributed by atoms with Crippen LogP contribution in [0.4, 0.5) is 11.4 Å². The van der Waals surface area contributed by atoms with Gasteiger partial charge >= 0.3 is 5.69 Å². The van der Waals surface area contributed by atoms with E-state index in [1.165, 1.54) is 31.6 Å². The highest BCUT2D eigenvalue weighted by Crippen LogP contribution is 2.35. The second-order valence-electron chi connectivity index (χ2n) is 8.71. The average molecular weight is 477 g/mol. The monoisotopic (exact) mass is 476 g/mol. The Morgan fingerprint density at radius 1 is 0.824 bits per heavy atom. The van der Waals surface area contributed by atoms with Crippen molar-refractivity contribution >= 4 is 32.4 Å². The summed E-state index contributed by atoms with van der Waals surface area (Å²) in [6.07, 6.45) is 2.62. The summed E-state index contributed by atoms with van der Waals surface area (Å²) in [7, 11) is -0.375. The molecule has 4 aromatic rings. The third-order valence-electron chi connectivity index (χ3n) is 6.63. The summed E-state index contributed by atoms with van der Waals surface area (Å²) < 4.78 is 31.6. The van der Waals surface area contributed by atoms with Crippen LogP contribution in [0.1, 0.15) is 17.5 Å². The molecule has 0 radical (unpaired) electrons. The van der Waals surface area contributed by atoms with Gasteiger partial charge in [0.2, 0.25) is 10.0 Å². The number of hydrogen-bond acceptors (Lipinski definition) is 4. The first-order chi connectivity index (χ1) is 16.4. The number of anilines is 2. The standard InChI is InChI=1S/C26H28N4O3S/c1-28-24-15-14-21(18-25(24)29(2)26(28)31)34(32,33)27-16-7-17-30-22-10-5-3-8-19(22)12-13-20-9-4-6-11-23(20)30/h3-6,8-11,14-15,18,27H,7,12-13,16-17H2,1-2H3. The van der Waals surface area contributed by atoms with Gasteiger partial charge < -0.3 is 4.90 Å². The van der Waals surface area contributed by atoms with Crippen LogP contribution in [-0.4, -0.2) is 30.6 Å². The zero-order chi connectivity index (χ0) is 23.9. The van der Waals surface area contributed by atoms with Crippen LogP contribution in [0.3, 0.4) is 0 Å². The third kappa shape index (κ3) is 3.93. The maximum atomic E-state index is 13.0. The Kier molecular flexibility index (Phi) is 5.79. The number of nitrogens with zero attached hydrogens (tertiary/aromatic N) is 3. The van der Waals surface area contributed by atoms with E-state index in [1.807, 2.05) is 0 Å². The largest absolute Gasteiger partial charge is 0.341 e. The van der Waals surface area contributed by atoms with E-state index in [2.05, 4.69) is 58.2 Å². The van der Waals surface area contributed by atoms with Crippen molar-refractivity contribution in [3.63, 3.8) is 0 Å². The SMILES string of the molecule is Cn1c(=O)n(C)c2cc(S(=O)(=O)NCCCN3c4ccccc4CCc4ccccc43)ccc21. The molecule has 0 atom stereocenters. The number of nitrogens with one attached hydrogen (secondary N) is 1. The molecule has 1 aliphatic rings. The van der Waals surface area contributed by atoms with Gasteiger partial charge in [-0.05, 0) is 60.7 Å². The number of hydrogen-bond donors (Lipinski definition) is 1. The molecule has 1 aromatic heterocycles. The molecule has 1 N–H and O–H groups in total. The molecule has 0 spiro atoms. The summed E-state index contributed by atoms with van der Waals surface area (Å²) in [5.41, 5.74) is 6.09. The lowest BCUT2D eigenvalue weighted by Gasteiger charge is -2.27. The van der Waals surface area contributed by atoms with Gasteiger partial charge in [0, 0.05) is 38.6 Å². The molecule has 0 unspecified atom stereocenters. The summed E-state index contributed by atoms with van der Waals surface area (Å²) in [5.74, 6) is 0. The summed E-state index contributed by atoms with van der Waals surface area (Å²) >= 11 is 0. The highest BCUT2D eigenvalue weighted by molar-refractivity contribution is 7.89. The molecular formula is C26H28N4O3S. The second kappa shape index (κ2) is 8.77. The van der Waals surface area contributed by atoms with E-state index in [4.69, 9.17) is 0 Å². The Morgan fingerprint density at radius 3 is 2.06 bits per heavy atom. The van der Waals surface area contributed by atoms with Crippen molar-refractivity contribution in [1.29, 1.82) is 0 Å². The zero-order valence-corrected chi connectivity index (χ0v) is 20.2. The van der Waals surface area contributed by atoms with E-state index in [-0.39, 0.29) is 10.6 Å². The van der Waals surface area contributed by atoms with Crippen LogP contribution in [-0.2, 0) is 37.0 Å². The molecule has 0 saturated heterocycles. The lowest BCUT2D eigenvalue weighted by Crippen LogP contribution is -2.28. The maximum Gasteiger partial charge on any atom is 0.328 e. The molecule has 0 fully saturated rings. The molecule has 2 heterocycles. The van der Waals surface area contributed by atoms with Crippen molar-refractivity contribution in [1.82, 2.24) is 13.9 Å². The number of imidazole rings is 1. The van der Waals surface area contributed by atoms with Crippen LogP contribution in [0.15, 0.2) is 76.4 Å². The normalized spacial score (nSPS) is 13.5. The minimum absolute atomic E-state index is 0.159. The number of para-hydroxylation sites is 2. The number of benzene rings is 3.